The van der Waals surface area contributed by atoms with Crippen molar-refractivity contribution >= 4 is 29.2 Å². The van der Waals surface area contributed by atoms with Gasteiger partial charge in [0.1, 0.15) is 0 Å². The molecule has 0 aromatic heterocycles. The van der Waals surface area contributed by atoms with E-state index in [9.17, 15) is 9.59 Å². The minimum absolute atomic E-state index is 0.0199. The molecule has 152 valence electrons. The first-order chi connectivity index (χ1) is 14.1. The second-order valence-corrected chi connectivity index (χ2v) is 8.52. The van der Waals surface area contributed by atoms with Gasteiger partial charge in [0.25, 0.3) is 0 Å². The first-order valence-corrected chi connectivity index (χ1v) is 10.6. The van der Waals surface area contributed by atoms with Crippen LogP contribution in [-0.4, -0.2) is 36.5 Å². The number of nitrogens with zero attached hydrogens (tertiary/aromatic N) is 1. The van der Waals surface area contributed by atoms with Crippen LogP contribution in [0.1, 0.15) is 31.2 Å². The van der Waals surface area contributed by atoms with E-state index in [-0.39, 0.29) is 23.3 Å². The van der Waals surface area contributed by atoms with Crippen LogP contribution < -0.4 is 10.6 Å². The van der Waals surface area contributed by atoms with E-state index >= 15 is 0 Å². The number of hydrogen-bond acceptors (Lipinski definition) is 2. The van der Waals surface area contributed by atoms with Crippen molar-refractivity contribution in [2.75, 3.05) is 25.0 Å². The van der Waals surface area contributed by atoms with Gasteiger partial charge in [-0.25, -0.2) is 4.79 Å². The fourth-order valence-electron chi connectivity index (χ4n) is 4.02. The Morgan fingerprint density at radius 3 is 2.48 bits per heavy atom. The molecular weight excluding hydrogens is 386 g/mol. The topological polar surface area (TPSA) is 61.4 Å². The lowest BCUT2D eigenvalue weighted by Crippen LogP contribution is -2.49. The third-order valence-electron chi connectivity index (χ3n) is 6.01. The van der Waals surface area contributed by atoms with Gasteiger partial charge in [-0.05, 0) is 55.5 Å². The fraction of sp³-hybridized carbons (Fsp3) is 0.391. The molecule has 1 unspecified atom stereocenters. The summed E-state index contributed by atoms with van der Waals surface area (Å²) >= 11 is 5.99. The molecule has 2 aromatic carbocycles. The summed E-state index contributed by atoms with van der Waals surface area (Å²) in [6.07, 6.45) is 3.77. The van der Waals surface area contributed by atoms with Crippen molar-refractivity contribution in [2.24, 2.45) is 5.92 Å². The van der Waals surface area contributed by atoms with E-state index in [1.54, 1.807) is 4.90 Å². The van der Waals surface area contributed by atoms with Crippen LogP contribution in [-0.2, 0) is 10.2 Å². The van der Waals surface area contributed by atoms with Gasteiger partial charge in [0, 0.05) is 35.8 Å². The Bertz CT molecular complexity index is 865. The molecule has 0 bridgehead atoms. The second-order valence-electron chi connectivity index (χ2n) is 8.09. The Morgan fingerprint density at radius 1 is 1.07 bits per heavy atom. The Labute approximate surface area is 176 Å². The number of rotatable bonds is 5. The van der Waals surface area contributed by atoms with Crippen molar-refractivity contribution in [1.82, 2.24) is 10.2 Å². The van der Waals surface area contributed by atoms with Gasteiger partial charge in [-0.3, -0.25) is 4.79 Å². The summed E-state index contributed by atoms with van der Waals surface area (Å²) in [6.45, 7) is 1.76. The molecule has 1 saturated heterocycles. The summed E-state index contributed by atoms with van der Waals surface area (Å²) in [5.74, 6) is -0.200. The SMILES string of the molecule is O=C(Nc1ccccc1)C1CCCN(C(=O)NCC2(c3ccc(Cl)cc3)CC2)C1. The number of carbonyl (C=O) groups excluding carboxylic acids is 2. The van der Waals surface area contributed by atoms with E-state index < -0.39 is 0 Å². The zero-order valence-corrected chi connectivity index (χ0v) is 17.1. The summed E-state index contributed by atoms with van der Waals surface area (Å²) in [6, 6.07) is 17.3. The third kappa shape index (κ3) is 4.73. The smallest absolute Gasteiger partial charge is 0.317 e. The van der Waals surface area contributed by atoms with Crippen LogP contribution in [0, 0.1) is 5.92 Å². The van der Waals surface area contributed by atoms with Crippen molar-refractivity contribution in [3.8, 4) is 0 Å². The van der Waals surface area contributed by atoms with Gasteiger partial charge in [0.2, 0.25) is 5.91 Å². The molecule has 1 saturated carbocycles. The average molecular weight is 412 g/mol. The van der Waals surface area contributed by atoms with Gasteiger partial charge >= 0.3 is 6.03 Å². The number of anilines is 1. The maximum Gasteiger partial charge on any atom is 0.317 e. The van der Waals surface area contributed by atoms with E-state index in [2.05, 4.69) is 10.6 Å². The molecule has 3 amide bonds. The molecule has 29 heavy (non-hydrogen) atoms. The van der Waals surface area contributed by atoms with Crippen LogP contribution in [0.3, 0.4) is 0 Å². The first-order valence-electron chi connectivity index (χ1n) is 10.2. The molecule has 1 aliphatic carbocycles. The van der Waals surface area contributed by atoms with Crippen molar-refractivity contribution in [3.63, 3.8) is 0 Å². The van der Waals surface area contributed by atoms with Crippen molar-refractivity contribution in [2.45, 2.75) is 31.1 Å². The lowest BCUT2D eigenvalue weighted by atomic mass is 9.96. The summed E-state index contributed by atoms with van der Waals surface area (Å²) in [4.78, 5) is 27.1. The number of halogens is 1. The highest BCUT2D eigenvalue weighted by atomic mass is 35.5. The number of para-hydroxylation sites is 1. The van der Waals surface area contributed by atoms with Gasteiger partial charge in [0.15, 0.2) is 0 Å². The molecule has 1 heterocycles. The standard InChI is InChI=1S/C23H26ClN3O2/c24-19-10-8-18(9-11-19)23(12-13-23)16-25-22(29)27-14-4-5-17(15-27)21(28)26-20-6-2-1-3-7-20/h1-3,6-11,17H,4-5,12-16H2,(H,25,29)(H,26,28). The Hall–Kier alpha value is -2.53. The molecule has 1 aliphatic heterocycles. The van der Waals surface area contributed by atoms with Crippen molar-refractivity contribution in [1.29, 1.82) is 0 Å². The van der Waals surface area contributed by atoms with E-state index in [1.807, 2.05) is 54.6 Å². The normalized spacial score (nSPS) is 20.0. The number of piperidine rings is 1. The molecule has 4 rings (SSSR count). The molecule has 0 radical (unpaired) electrons. The third-order valence-corrected chi connectivity index (χ3v) is 6.26. The van der Waals surface area contributed by atoms with E-state index in [0.29, 0.717) is 19.6 Å². The quantitative estimate of drug-likeness (QED) is 0.764. The Morgan fingerprint density at radius 2 is 1.79 bits per heavy atom. The zero-order valence-electron chi connectivity index (χ0n) is 16.4. The van der Waals surface area contributed by atoms with Crippen LogP contribution in [0.2, 0.25) is 5.02 Å². The largest absolute Gasteiger partial charge is 0.337 e. The van der Waals surface area contributed by atoms with Crippen LogP contribution in [0.25, 0.3) is 0 Å². The van der Waals surface area contributed by atoms with Crippen molar-refractivity contribution in [3.05, 3.63) is 65.2 Å². The Balaban J connectivity index is 1.31. The number of hydrogen-bond donors (Lipinski definition) is 2. The molecule has 2 N–H and O–H groups in total. The van der Waals surface area contributed by atoms with Crippen LogP contribution in [0.5, 0.6) is 0 Å². The van der Waals surface area contributed by atoms with E-state index in [1.165, 1.54) is 5.56 Å². The van der Waals surface area contributed by atoms with Gasteiger partial charge in [-0.2, -0.15) is 0 Å². The maximum absolute atomic E-state index is 12.7. The van der Waals surface area contributed by atoms with E-state index in [0.717, 1.165) is 36.4 Å². The van der Waals surface area contributed by atoms with Crippen LogP contribution in [0.4, 0.5) is 10.5 Å². The van der Waals surface area contributed by atoms with Gasteiger partial charge in [-0.15, -0.1) is 0 Å². The van der Waals surface area contributed by atoms with Gasteiger partial charge in [0.05, 0.1) is 5.92 Å². The predicted molar refractivity (Wildman–Crippen MR) is 115 cm³/mol. The average Bonchev–Trinajstić information content (AvgIpc) is 3.54. The molecular formula is C23H26ClN3O2. The zero-order chi connectivity index (χ0) is 20.3. The van der Waals surface area contributed by atoms with Crippen LogP contribution >= 0.6 is 11.6 Å². The maximum atomic E-state index is 12.7. The molecule has 2 aliphatic rings. The summed E-state index contributed by atoms with van der Waals surface area (Å²) in [5, 5.41) is 6.78. The first kappa shape index (κ1) is 19.8. The summed E-state index contributed by atoms with van der Waals surface area (Å²) in [5.41, 5.74) is 2.04. The molecule has 5 nitrogen and oxygen atoms in total. The molecule has 0 spiro atoms. The van der Waals surface area contributed by atoms with Gasteiger partial charge in [-0.1, -0.05) is 41.9 Å². The summed E-state index contributed by atoms with van der Waals surface area (Å²) < 4.78 is 0. The van der Waals surface area contributed by atoms with Crippen LogP contribution in [0.15, 0.2) is 54.6 Å². The van der Waals surface area contributed by atoms with Crippen molar-refractivity contribution < 1.29 is 9.59 Å². The molecule has 6 heteroatoms. The minimum Gasteiger partial charge on any atom is -0.337 e. The number of likely N-dealkylation sites (tertiary alicyclic amines) is 1. The molecule has 1 atom stereocenters. The molecule has 2 aromatic rings. The highest BCUT2D eigenvalue weighted by Gasteiger charge is 2.44. The monoisotopic (exact) mass is 411 g/mol. The number of nitrogens with one attached hydrogen (secondary N) is 2. The lowest BCUT2D eigenvalue weighted by molar-refractivity contribution is -0.121. The highest BCUT2D eigenvalue weighted by Crippen LogP contribution is 2.47. The Kier molecular flexibility index (Phi) is 5.76. The fourth-order valence-corrected chi connectivity index (χ4v) is 4.15. The number of urea groups is 1. The predicted octanol–water partition coefficient (Wildman–Crippen LogP) is 4.43. The lowest BCUT2D eigenvalue weighted by Gasteiger charge is -2.32. The molecule has 2 fully saturated rings. The number of benzene rings is 2. The highest BCUT2D eigenvalue weighted by molar-refractivity contribution is 6.30. The minimum atomic E-state index is -0.180. The van der Waals surface area contributed by atoms with E-state index in [4.69, 9.17) is 11.6 Å². The summed E-state index contributed by atoms with van der Waals surface area (Å²) in [7, 11) is 0. The number of amides is 3. The number of carbonyl (C=O) groups is 2. The second kappa shape index (κ2) is 8.46. The van der Waals surface area contributed by atoms with Gasteiger partial charge < -0.3 is 15.5 Å².